The fraction of sp³-hybridized carbons (Fsp3) is 0.864. The van der Waals surface area contributed by atoms with Gasteiger partial charge in [-0.2, -0.15) is 0 Å². The Morgan fingerprint density at radius 2 is 1.76 bits per heavy atom. The minimum absolute atomic E-state index is 0.218. The number of fused-ring (bicyclic) bond motifs is 1. The first-order valence-corrected chi connectivity index (χ1v) is 11.9. The first kappa shape index (κ1) is 20.8. The lowest BCUT2D eigenvalue weighted by Crippen LogP contribution is -2.48. The SMILES string of the molecule is CCN1CCN(CCNC(=O)CC2CCc3nnc(C4CCCC4)n3CC2)CC1. The van der Waals surface area contributed by atoms with E-state index < -0.39 is 0 Å². The minimum Gasteiger partial charge on any atom is -0.355 e. The van der Waals surface area contributed by atoms with Gasteiger partial charge < -0.3 is 14.8 Å². The number of carbonyl (C=O) groups is 1. The molecule has 1 saturated heterocycles. The third kappa shape index (κ3) is 5.37. The molecule has 0 radical (unpaired) electrons. The van der Waals surface area contributed by atoms with Gasteiger partial charge in [-0.15, -0.1) is 10.2 Å². The molecule has 1 amide bonds. The highest BCUT2D eigenvalue weighted by atomic mass is 16.1. The van der Waals surface area contributed by atoms with Crippen molar-refractivity contribution >= 4 is 5.91 Å². The van der Waals surface area contributed by atoms with E-state index in [1.807, 2.05) is 0 Å². The quantitative estimate of drug-likeness (QED) is 0.756. The van der Waals surface area contributed by atoms with Crippen LogP contribution in [0.5, 0.6) is 0 Å². The van der Waals surface area contributed by atoms with Crippen molar-refractivity contribution in [2.75, 3.05) is 45.8 Å². The van der Waals surface area contributed by atoms with Gasteiger partial charge in [-0.3, -0.25) is 9.69 Å². The zero-order valence-electron chi connectivity index (χ0n) is 18.1. The van der Waals surface area contributed by atoms with Crippen LogP contribution >= 0.6 is 0 Å². The van der Waals surface area contributed by atoms with Crippen LogP contribution in [0.4, 0.5) is 0 Å². The molecule has 1 aromatic rings. The number of nitrogens with zero attached hydrogens (tertiary/aromatic N) is 5. The summed E-state index contributed by atoms with van der Waals surface area (Å²) in [6.07, 6.45) is 8.90. The van der Waals surface area contributed by atoms with Gasteiger partial charge in [0.15, 0.2) is 0 Å². The Labute approximate surface area is 175 Å². The van der Waals surface area contributed by atoms with E-state index in [0.29, 0.717) is 18.3 Å². The molecule has 1 aliphatic carbocycles. The first-order valence-electron chi connectivity index (χ1n) is 11.9. The topological polar surface area (TPSA) is 66.3 Å². The third-order valence-corrected chi connectivity index (χ3v) is 7.25. The summed E-state index contributed by atoms with van der Waals surface area (Å²) < 4.78 is 2.38. The highest BCUT2D eigenvalue weighted by Gasteiger charge is 2.27. The molecule has 1 saturated carbocycles. The molecule has 0 aromatic carbocycles. The molecule has 1 unspecified atom stereocenters. The Hall–Kier alpha value is -1.47. The van der Waals surface area contributed by atoms with Gasteiger partial charge >= 0.3 is 0 Å². The Balaban J connectivity index is 1.18. The summed E-state index contributed by atoms with van der Waals surface area (Å²) in [4.78, 5) is 17.4. The average Bonchev–Trinajstić information content (AvgIpc) is 3.36. The molecule has 29 heavy (non-hydrogen) atoms. The van der Waals surface area contributed by atoms with Crippen LogP contribution in [0.25, 0.3) is 0 Å². The molecule has 3 aliphatic rings. The van der Waals surface area contributed by atoms with Crippen LogP contribution in [0.2, 0.25) is 0 Å². The van der Waals surface area contributed by atoms with Crippen molar-refractivity contribution in [3.8, 4) is 0 Å². The molecule has 0 bridgehead atoms. The smallest absolute Gasteiger partial charge is 0.220 e. The largest absolute Gasteiger partial charge is 0.355 e. The van der Waals surface area contributed by atoms with Crippen molar-refractivity contribution in [2.24, 2.45) is 5.92 Å². The molecule has 3 heterocycles. The highest BCUT2D eigenvalue weighted by molar-refractivity contribution is 5.76. The second kappa shape index (κ2) is 10.0. The molecular formula is C22H38N6O. The zero-order chi connectivity index (χ0) is 20.1. The standard InChI is InChI=1S/C22H38N6O/c1-2-26-13-15-27(16-14-26)12-10-23-21(29)17-18-7-8-20-24-25-22(28(20)11-9-18)19-5-3-4-6-19/h18-19H,2-17H2,1H3,(H,23,29). The van der Waals surface area contributed by atoms with E-state index in [4.69, 9.17) is 0 Å². The number of hydrogen-bond donors (Lipinski definition) is 1. The van der Waals surface area contributed by atoms with Gasteiger partial charge in [0, 0.05) is 64.6 Å². The number of carbonyl (C=O) groups excluding carboxylic acids is 1. The Morgan fingerprint density at radius 1 is 1.00 bits per heavy atom. The van der Waals surface area contributed by atoms with Crippen molar-refractivity contribution in [1.29, 1.82) is 0 Å². The van der Waals surface area contributed by atoms with E-state index in [1.54, 1.807) is 0 Å². The molecule has 1 N–H and O–H groups in total. The number of hydrogen-bond acceptors (Lipinski definition) is 5. The van der Waals surface area contributed by atoms with E-state index in [-0.39, 0.29) is 5.91 Å². The maximum atomic E-state index is 12.5. The van der Waals surface area contributed by atoms with E-state index in [9.17, 15) is 4.79 Å². The summed E-state index contributed by atoms with van der Waals surface area (Å²) in [6, 6.07) is 0. The molecule has 7 heteroatoms. The van der Waals surface area contributed by atoms with Crippen LogP contribution in [0, 0.1) is 5.92 Å². The average molecular weight is 403 g/mol. The summed E-state index contributed by atoms with van der Waals surface area (Å²) in [7, 11) is 0. The zero-order valence-corrected chi connectivity index (χ0v) is 18.1. The number of aromatic nitrogens is 3. The molecule has 162 valence electrons. The molecule has 2 aliphatic heterocycles. The van der Waals surface area contributed by atoms with E-state index >= 15 is 0 Å². The summed E-state index contributed by atoms with van der Waals surface area (Å²) >= 11 is 0. The molecular weight excluding hydrogens is 364 g/mol. The van der Waals surface area contributed by atoms with Gasteiger partial charge in [0.1, 0.15) is 11.6 Å². The number of aryl methyl sites for hydroxylation is 1. The highest BCUT2D eigenvalue weighted by Crippen LogP contribution is 2.34. The lowest BCUT2D eigenvalue weighted by molar-refractivity contribution is -0.122. The van der Waals surface area contributed by atoms with E-state index in [0.717, 1.165) is 77.4 Å². The predicted molar refractivity (Wildman–Crippen MR) is 114 cm³/mol. The van der Waals surface area contributed by atoms with Gasteiger partial charge in [-0.25, -0.2) is 0 Å². The summed E-state index contributed by atoms with van der Waals surface area (Å²) in [6.45, 7) is 10.6. The van der Waals surface area contributed by atoms with Crippen LogP contribution in [-0.2, 0) is 17.8 Å². The number of likely N-dealkylation sites (N-methyl/N-ethyl adjacent to an activating group) is 1. The third-order valence-electron chi connectivity index (χ3n) is 7.25. The van der Waals surface area contributed by atoms with Crippen molar-refractivity contribution < 1.29 is 4.79 Å². The fourth-order valence-electron chi connectivity index (χ4n) is 5.27. The molecule has 1 atom stereocenters. The van der Waals surface area contributed by atoms with Crippen molar-refractivity contribution in [3.05, 3.63) is 11.6 Å². The van der Waals surface area contributed by atoms with Gasteiger partial charge in [-0.05, 0) is 38.1 Å². The molecule has 4 rings (SSSR count). The van der Waals surface area contributed by atoms with Crippen LogP contribution in [-0.4, -0.2) is 76.3 Å². The minimum atomic E-state index is 0.218. The fourth-order valence-corrected chi connectivity index (χ4v) is 5.27. The normalized spacial score (nSPS) is 24.4. The van der Waals surface area contributed by atoms with Crippen molar-refractivity contribution in [1.82, 2.24) is 29.9 Å². The van der Waals surface area contributed by atoms with Gasteiger partial charge in [0.05, 0.1) is 0 Å². The maximum Gasteiger partial charge on any atom is 0.220 e. The number of amides is 1. The van der Waals surface area contributed by atoms with Crippen LogP contribution in [0.1, 0.15) is 69.4 Å². The van der Waals surface area contributed by atoms with Gasteiger partial charge in [-0.1, -0.05) is 19.8 Å². The summed E-state index contributed by atoms with van der Waals surface area (Å²) in [5, 5.41) is 12.2. The van der Waals surface area contributed by atoms with Crippen LogP contribution in [0.3, 0.4) is 0 Å². The molecule has 1 aromatic heterocycles. The monoisotopic (exact) mass is 402 g/mol. The molecule has 7 nitrogen and oxygen atoms in total. The summed E-state index contributed by atoms with van der Waals surface area (Å²) in [5.41, 5.74) is 0. The van der Waals surface area contributed by atoms with E-state index in [2.05, 4.69) is 36.8 Å². The maximum absolute atomic E-state index is 12.5. The number of rotatable bonds is 7. The Kier molecular flexibility index (Phi) is 7.19. The molecule has 0 spiro atoms. The Bertz CT molecular complexity index is 660. The first-order chi connectivity index (χ1) is 14.2. The van der Waals surface area contributed by atoms with Crippen molar-refractivity contribution in [2.45, 2.75) is 70.8 Å². The Morgan fingerprint density at radius 3 is 2.52 bits per heavy atom. The lowest BCUT2D eigenvalue weighted by atomic mass is 9.96. The lowest BCUT2D eigenvalue weighted by Gasteiger charge is -2.33. The number of piperazine rings is 1. The predicted octanol–water partition coefficient (Wildman–Crippen LogP) is 2.03. The second-order valence-corrected chi connectivity index (χ2v) is 9.13. The summed E-state index contributed by atoms with van der Waals surface area (Å²) in [5.74, 6) is 3.64. The van der Waals surface area contributed by atoms with Crippen LogP contribution < -0.4 is 5.32 Å². The second-order valence-electron chi connectivity index (χ2n) is 9.13. The number of nitrogens with one attached hydrogen (secondary N) is 1. The van der Waals surface area contributed by atoms with E-state index in [1.165, 1.54) is 31.5 Å². The molecule has 2 fully saturated rings. The van der Waals surface area contributed by atoms with Crippen molar-refractivity contribution in [3.63, 3.8) is 0 Å². The van der Waals surface area contributed by atoms with Gasteiger partial charge in [0.25, 0.3) is 0 Å². The van der Waals surface area contributed by atoms with Crippen LogP contribution in [0.15, 0.2) is 0 Å². The van der Waals surface area contributed by atoms with Gasteiger partial charge in [0.2, 0.25) is 5.91 Å².